The SMILES string of the molecule is CC(=O)CC[C@H](NC(=O)[C@@H](Cc1cccc(F)c1)NC(C)=O)C(N)=O. The summed E-state index contributed by atoms with van der Waals surface area (Å²) in [7, 11) is 0. The van der Waals surface area contributed by atoms with Crippen molar-refractivity contribution in [3.05, 3.63) is 35.6 Å². The van der Waals surface area contributed by atoms with Crippen LogP contribution in [-0.2, 0) is 25.6 Å². The molecule has 2 atom stereocenters. The molecule has 0 saturated heterocycles. The highest BCUT2D eigenvalue weighted by atomic mass is 19.1. The van der Waals surface area contributed by atoms with Crippen LogP contribution < -0.4 is 16.4 Å². The van der Waals surface area contributed by atoms with Crippen LogP contribution in [0.5, 0.6) is 0 Å². The van der Waals surface area contributed by atoms with Gasteiger partial charge in [-0.1, -0.05) is 12.1 Å². The largest absolute Gasteiger partial charge is 0.368 e. The average molecular weight is 351 g/mol. The van der Waals surface area contributed by atoms with Crippen molar-refractivity contribution in [1.82, 2.24) is 10.6 Å². The van der Waals surface area contributed by atoms with Crippen molar-refractivity contribution < 1.29 is 23.6 Å². The van der Waals surface area contributed by atoms with Gasteiger partial charge in [-0.3, -0.25) is 14.4 Å². The number of carbonyl (C=O) groups is 4. The van der Waals surface area contributed by atoms with Crippen LogP contribution >= 0.6 is 0 Å². The summed E-state index contributed by atoms with van der Waals surface area (Å²) in [5.41, 5.74) is 5.75. The minimum absolute atomic E-state index is 0.0430. The molecular weight excluding hydrogens is 329 g/mol. The first kappa shape index (κ1) is 20.3. The van der Waals surface area contributed by atoms with E-state index in [4.69, 9.17) is 5.73 Å². The lowest BCUT2D eigenvalue weighted by atomic mass is 10.0. The van der Waals surface area contributed by atoms with Gasteiger partial charge in [-0.15, -0.1) is 0 Å². The highest BCUT2D eigenvalue weighted by molar-refractivity contribution is 5.91. The van der Waals surface area contributed by atoms with E-state index in [-0.39, 0.29) is 25.0 Å². The topological polar surface area (TPSA) is 118 Å². The Kier molecular flexibility index (Phi) is 7.71. The first-order valence-corrected chi connectivity index (χ1v) is 7.79. The molecule has 0 aliphatic heterocycles. The number of Topliss-reactive ketones (excluding diaryl/α,β-unsaturated/α-hetero) is 1. The molecule has 7 nitrogen and oxygen atoms in total. The quantitative estimate of drug-likeness (QED) is 0.589. The summed E-state index contributed by atoms with van der Waals surface area (Å²) >= 11 is 0. The molecule has 136 valence electrons. The third-order valence-corrected chi connectivity index (χ3v) is 3.47. The summed E-state index contributed by atoms with van der Waals surface area (Å²) in [4.78, 5) is 46.3. The fourth-order valence-electron chi connectivity index (χ4n) is 2.26. The fourth-order valence-corrected chi connectivity index (χ4v) is 2.26. The molecule has 0 aliphatic rings. The lowest BCUT2D eigenvalue weighted by Crippen LogP contribution is -2.53. The van der Waals surface area contributed by atoms with Crippen LogP contribution in [0.2, 0.25) is 0 Å². The molecule has 1 aromatic carbocycles. The maximum Gasteiger partial charge on any atom is 0.243 e. The second kappa shape index (κ2) is 9.51. The highest BCUT2D eigenvalue weighted by Gasteiger charge is 2.25. The number of benzene rings is 1. The number of rotatable bonds is 9. The van der Waals surface area contributed by atoms with Crippen LogP contribution in [0, 0.1) is 5.82 Å². The van der Waals surface area contributed by atoms with Gasteiger partial charge in [-0.25, -0.2) is 4.39 Å². The van der Waals surface area contributed by atoms with Gasteiger partial charge < -0.3 is 21.2 Å². The summed E-state index contributed by atoms with van der Waals surface area (Å²) in [5, 5.41) is 4.90. The summed E-state index contributed by atoms with van der Waals surface area (Å²) in [6.45, 7) is 2.61. The third-order valence-electron chi connectivity index (χ3n) is 3.47. The van der Waals surface area contributed by atoms with Gasteiger partial charge in [0.15, 0.2) is 0 Å². The molecular formula is C17H22FN3O4. The number of nitrogens with two attached hydrogens (primary N) is 1. The number of primary amides is 1. The van der Waals surface area contributed by atoms with Crippen molar-refractivity contribution in [3.63, 3.8) is 0 Å². The molecule has 0 heterocycles. The Hall–Kier alpha value is -2.77. The third kappa shape index (κ3) is 7.56. The Morgan fingerprint density at radius 1 is 1.12 bits per heavy atom. The average Bonchev–Trinajstić information content (AvgIpc) is 2.49. The minimum atomic E-state index is -1.03. The van der Waals surface area contributed by atoms with E-state index in [1.165, 1.54) is 32.0 Å². The zero-order valence-corrected chi connectivity index (χ0v) is 14.2. The number of hydrogen-bond donors (Lipinski definition) is 3. The summed E-state index contributed by atoms with van der Waals surface area (Å²) < 4.78 is 13.3. The van der Waals surface area contributed by atoms with E-state index in [1.54, 1.807) is 6.07 Å². The number of nitrogens with one attached hydrogen (secondary N) is 2. The Balaban J connectivity index is 2.85. The summed E-state index contributed by atoms with van der Waals surface area (Å²) in [5.74, 6) is -2.46. The van der Waals surface area contributed by atoms with Gasteiger partial charge in [0.05, 0.1) is 0 Å². The fraction of sp³-hybridized carbons (Fsp3) is 0.412. The van der Waals surface area contributed by atoms with Crippen LogP contribution in [0.1, 0.15) is 32.3 Å². The number of amides is 3. The number of carbonyl (C=O) groups excluding carboxylic acids is 4. The molecule has 0 saturated carbocycles. The van der Waals surface area contributed by atoms with Gasteiger partial charge in [-0.05, 0) is 31.0 Å². The lowest BCUT2D eigenvalue weighted by molar-refractivity contribution is -0.131. The predicted molar refractivity (Wildman–Crippen MR) is 88.7 cm³/mol. The first-order chi connectivity index (χ1) is 11.7. The first-order valence-electron chi connectivity index (χ1n) is 7.79. The zero-order valence-electron chi connectivity index (χ0n) is 14.2. The number of hydrogen-bond acceptors (Lipinski definition) is 4. The molecule has 0 radical (unpaired) electrons. The van der Waals surface area contributed by atoms with Crippen molar-refractivity contribution in [2.75, 3.05) is 0 Å². The van der Waals surface area contributed by atoms with Gasteiger partial charge in [0.2, 0.25) is 17.7 Å². The van der Waals surface area contributed by atoms with E-state index in [0.29, 0.717) is 5.56 Å². The van der Waals surface area contributed by atoms with Gasteiger partial charge in [0, 0.05) is 19.8 Å². The molecule has 8 heteroatoms. The second-order valence-electron chi connectivity index (χ2n) is 5.79. The van der Waals surface area contributed by atoms with Crippen molar-refractivity contribution in [1.29, 1.82) is 0 Å². The van der Waals surface area contributed by atoms with Crippen molar-refractivity contribution in [2.45, 2.75) is 45.2 Å². The van der Waals surface area contributed by atoms with Crippen LogP contribution in [0.4, 0.5) is 4.39 Å². The maximum atomic E-state index is 13.3. The van der Waals surface area contributed by atoms with Crippen molar-refractivity contribution >= 4 is 23.5 Å². The van der Waals surface area contributed by atoms with Crippen LogP contribution in [0.3, 0.4) is 0 Å². The molecule has 3 amide bonds. The second-order valence-corrected chi connectivity index (χ2v) is 5.79. The Labute approximate surface area is 145 Å². The van der Waals surface area contributed by atoms with E-state index in [2.05, 4.69) is 10.6 Å². The smallest absolute Gasteiger partial charge is 0.243 e. The Morgan fingerprint density at radius 3 is 2.32 bits per heavy atom. The summed E-state index contributed by atoms with van der Waals surface area (Å²) in [6.07, 6.45) is 0.202. The lowest BCUT2D eigenvalue weighted by Gasteiger charge is -2.21. The molecule has 0 bridgehead atoms. The normalized spacial score (nSPS) is 12.8. The van der Waals surface area contributed by atoms with E-state index in [0.717, 1.165) is 0 Å². The van der Waals surface area contributed by atoms with E-state index in [1.807, 2.05) is 0 Å². The van der Waals surface area contributed by atoms with E-state index in [9.17, 15) is 23.6 Å². The molecule has 0 aromatic heterocycles. The van der Waals surface area contributed by atoms with Gasteiger partial charge in [-0.2, -0.15) is 0 Å². The van der Waals surface area contributed by atoms with Gasteiger partial charge >= 0.3 is 0 Å². The molecule has 4 N–H and O–H groups in total. The zero-order chi connectivity index (χ0) is 19.0. The Bertz CT molecular complexity index is 663. The molecule has 1 rings (SSSR count). The molecule has 25 heavy (non-hydrogen) atoms. The molecule has 0 spiro atoms. The number of ketones is 1. The van der Waals surface area contributed by atoms with Crippen LogP contribution in [-0.4, -0.2) is 35.6 Å². The molecule has 0 fully saturated rings. The standard InChI is InChI=1S/C17H22FN3O4/c1-10(22)6-7-14(16(19)24)21-17(25)15(20-11(2)23)9-12-4-3-5-13(18)8-12/h3-5,8,14-15H,6-7,9H2,1-2H3,(H2,19,24)(H,20,23)(H,21,25)/t14-,15+/m0/s1. The maximum absolute atomic E-state index is 13.3. The van der Waals surface area contributed by atoms with E-state index >= 15 is 0 Å². The Morgan fingerprint density at radius 2 is 1.80 bits per heavy atom. The molecule has 0 aliphatic carbocycles. The predicted octanol–water partition coefficient (Wildman–Crippen LogP) is 0.212. The molecule has 0 unspecified atom stereocenters. The van der Waals surface area contributed by atoms with Crippen LogP contribution in [0.25, 0.3) is 0 Å². The molecule has 1 aromatic rings. The van der Waals surface area contributed by atoms with Crippen molar-refractivity contribution in [3.8, 4) is 0 Å². The van der Waals surface area contributed by atoms with Gasteiger partial charge in [0.1, 0.15) is 23.7 Å². The minimum Gasteiger partial charge on any atom is -0.368 e. The van der Waals surface area contributed by atoms with Crippen LogP contribution in [0.15, 0.2) is 24.3 Å². The van der Waals surface area contributed by atoms with Crippen molar-refractivity contribution in [2.24, 2.45) is 5.73 Å². The monoisotopic (exact) mass is 351 g/mol. The van der Waals surface area contributed by atoms with Gasteiger partial charge in [0.25, 0.3) is 0 Å². The highest BCUT2D eigenvalue weighted by Crippen LogP contribution is 2.08. The number of halogens is 1. The van der Waals surface area contributed by atoms with E-state index < -0.39 is 35.6 Å². The summed E-state index contributed by atoms with van der Waals surface area (Å²) in [6, 6.07) is 3.60.